The largest absolute Gasteiger partial charge is 0.455 e. The molecule has 0 saturated heterocycles. The van der Waals surface area contributed by atoms with E-state index in [1.165, 1.54) is 11.8 Å². The summed E-state index contributed by atoms with van der Waals surface area (Å²) in [5.41, 5.74) is 0.857. The van der Waals surface area contributed by atoms with Crippen molar-refractivity contribution >= 4 is 35.2 Å². The molecule has 1 aromatic carbocycles. The molecule has 7 nitrogen and oxygen atoms in total. The highest BCUT2D eigenvalue weighted by atomic mass is 35.5. The number of carbonyl (C=O) groups excluding carboxylic acids is 2. The van der Waals surface area contributed by atoms with Crippen molar-refractivity contribution in [2.75, 3.05) is 18.9 Å². The van der Waals surface area contributed by atoms with Gasteiger partial charge in [0, 0.05) is 23.7 Å². The molecule has 2 aromatic rings. The average Bonchev–Trinajstić information content (AvgIpc) is 3.06. The van der Waals surface area contributed by atoms with Crippen molar-refractivity contribution in [3.8, 4) is 11.4 Å². The van der Waals surface area contributed by atoms with Crippen LogP contribution in [0.15, 0.2) is 42.1 Å². The van der Waals surface area contributed by atoms with Crippen LogP contribution in [0.1, 0.15) is 13.3 Å². The van der Waals surface area contributed by atoms with E-state index in [1.54, 1.807) is 18.2 Å². The number of halogens is 1. The second kappa shape index (κ2) is 10.7. The zero-order chi connectivity index (χ0) is 19.6. The lowest BCUT2D eigenvalue weighted by atomic mass is 10.2. The van der Waals surface area contributed by atoms with Crippen LogP contribution < -0.4 is 5.32 Å². The van der Waals surface area contributed by atoms with Gasteiger partial charge in [-0.15, -0.1) is 16.8 Å². The molecule has 0 bridgehead atoms. The van der Waals surface area contributed by atoms with E-state index in [4.69, 9.17) is 16.3 Å². The predicted octanol–water partition coefficient (Wildman–Crippen LogP) is 2.95. The van der Waals surface area contributed by atoms with Gasteiger partial charge in [0.2, 0.25) is 0 Å². The normalized spacial score (nSPS) is 10.4. The topological polar surface area (TPSA) is 86.1 Å². The molecule has 0 fully saturated rings. The molecule has 9 heteroatoms. The van der Waals surface area contributed by atoms with E-state index in [0.717, 1.165) is 12.0 Å². The number of nitrogens with zero attached hydrogens (tertiary/aromatic N) is 3. The van der Waals surface area contributed by atoms with Gasteiger partial charge < -0.3 is 10.1 Å². The number of amides is 1. The van der Waals surface area contributed by atoms with Gasteiger partial charge in [-0.25, -0.2) is 0 Å². The third-order valence-electron chi connectivity index (χ3n) is 3.39. The first-order chi connectivity index (χ1) is 13.0. The van der Waals surface area contributed by atoms with Gasteiger partial charge in [-0.3, -0.25) is 14.2 Å². The summed E-state index contributed by atoms with van der Waals surface area (Å²) in [5.74, 6) is -0.124. The van der Waals surface area contributed by atoms with Crippen molar-refractivity contribution in [3.63, 3.8) is 0 Å². The maximum atomic E-state index is 11.9. The number of nitrogens with one attached hydrogen (secondary N) is 1. The van der Waals surface area contributed by atoms with Crippen molar-refractivity contribution in [1.82, 2.24) is 20.1 Å². The summed E-state index contributed by atoms with van der Waals surface area (Å²) in [6.45, 7) is 6.46. The second-order valence-corrected chi connectivity index (χ2v) is 6.89. The van der Waals surface area contributed by atoms with Gasteiger partial charge in [0.1, 0.15) is 0 Å². The molecule has 1 aromatic heterocycles. The van der Waals surface area contributed by atoms with Crippen LogP contribution in [0.5, 0.6) is 0 Å². The first kappa shape index (κ1) is 21.0. The highest BCUT2D eigenvalue weighted by Gasteiger charge is 2.16. The summed E-state index contributed by atoms with van der Waals surface area (Å²) in [4.78, 5) is 23.3. The molecular formula is C18H21ClN4O3S. The van der Waals surface area contributed by atoms with Gasteiger partial charge in [-0.1, -0.05) is 36.4 Å². The minimum absolute atomic E-state index is 0.0248. The molecule has 0 aliphatic heterocycles. The lowest BCUT2D eigenvalue weighted by molar-refractivity contribution is -0.145. The Hall–Kier alpha value is -2.32. The number of rotatable bonds is 10. The third-order valence-corrected chi connectivity index (χ3v) is 4.58. The van der Waals surface area contributed by atoms with E-state index in [1.807, 2.05) is 23.6 Å². The van der Waals surface area contributed by atoms with Crippen LogP contribution in [0.2, 0.25) is 5.02 Å². The highest BCUT2D eigenvalue weighted by molar-refractivity contribution is 7.99. The molecule has 0 aliphatic rings. The van der Waals surface area contributed by atoms with Gasteiger partial charge in [-0.05, 0) is 30.7 Å². The zero-order valence-corrected chi connectivity index (χ0v) is 16.6. The van der Waals surface area contributed by atoms with Gasteiger partial charge in [0.25, 0.3) is 5.91 Å². The third kappa shape index (κ3) is 6.41. The Bertz CT molecular complexity index is 792. The number of thioether (sulfide) groups is 1. The van der Waals surface area contributed by atoms with Crippen molar-refractivity contribution in [1.29, 1.82) is 0 Å². The van der Waals surface area contributed by atoms with E-state index in [0.29, 0.717) is 29.1 Å². The predicted molar refractivity (Wildman–Crippen MR) is 106 cm³/mol. The number of allylic oxidation sites excluding steroid dienone is 1. The Kier molecular flexibility index (Phi) is 8.35. The average molecular weight is 409 g/mol. The second-order valence-electron chi connectivity index (χ2n) is 5.51. The molecule has 0 saturated carbocycles. The molecule has 0 radical (unpaired) electrons. The van der Waals surface area contributed by atoms with Crippen LogP contribution in [0.4, 0.5) is 0 Å². The van der Waals surface area contributed by atoms with E-state index in [2.05, 4.69) is 22.1 Å². The number of hydrogen-bond donors (Lipinski definition) is 1. The standard InChI is InChI=1S/C18H21ClN4O3S/c1-3-9-20-15(24)11-26-16(25)12-27-18-22-21-17(23(18)10-4-2)13-5-7-14(19)8-6-13/h4-8H,2-3,9-12H2,1H3,(H,20,24). The summed E-state index contributed by atoms with van der Waals surface area (Å²) < 4.78 is 6.81. The fraction of sp³-hybridized carbons (Fsp3) is 0.333. The number of carbonyl (C=O) groups is 2. The van der Waals surface area contributed by atoms with E-state index in [9.17, 15) is 9.59 Å². The fourth-order valence-corrected chi connectivity index (χ4v) is 3.00. The van der Waals surface area contributed by atoms with Crippen LogP contribution in [0.3, 0.4) is 0 Å². The lowest BCUT2D eigenvalue weighted by Gasteiger charge is -2.08. The Labute approximate surface area is 167 Å². The minimum atomic E-state index is -0.493. The Morgan fingerprint density at radius 3 is 2.74 bits per heavy atom. The molecule has 1 N–H and O–H groups in total. The van der Waals surface area contributed by atoms with Crippen LogP contribution in [-0.4, -0.2) is 45.5 Å². The molecule has 2 rings (SSSR count). The molecular weight excluding hydrogens is 388 g/mol. The van der Waals surface area contributed by atoms with Crippen molar-refractivity contribution < 1.29 is 14.3 Å². The van der Waals surface area contributed by atoms with Crippen molar-refractivity contribution in [2.24, 2.45) is 0 Å². The number of hydrogen-bond acceptors (Lipinski definition) is 6. The first-order valence-corrected chi connectivity index (χ1v) is 9.76. The van der Waals surface area contributed by atoms with Crippen LogP contribution in [-0.2, 0) is 20.9 Å². The number of ether oxygens (including phenoxy) is 1. The number of aromatic nitrogens is 3. The van der Waals surface area contributed by atoms with Crippen molar-refractivity contribution in [3.05, 3.63) is 41.9 Å². The van der Waals surface area contributed by atoms with E-state index < -0.39 is 5.97 Å². The van der Waals surface area contributed by atoms with Gasteiger partial charge in [-0.2, -0.15) is 0 Å². The maximum absolute atomic E-state index is 11.9. The molecule has 0 unspecified atom stereocenters. The summed E-state index contributed by atoms with van der Waals surface area (Å²) in [7, 11) is 0. The molecule has 1 heterocycles. The SMILES string of the molecule is C=CCn1c(SCC(=O)OCC(=O)NCCC)nnc1-c1ccc(Cl)cc1. The summed E-state index contributed by atoms with van der Waals surface area (Å²) in [5, 5.41) is 12.2. The monoisotopic (exact) mass is 408 g/mol. The number of esters is 1. The maximum Gasteiger partial charge on any atom is 0.316 e. The summed E-state index contributed by atoms with van der Waals surface area (Å²) in [6.07, 6.45) is 2.55. The van der Waals surface area contributed by atoms with Gasteiger partial charge in [0.05, 0.1) is 5.75 Å². The van der Waals surface area contributed by atoms with Crippen molar-refractivity contribution in [2.45, 2.75) is 25.0 Å². The molecule has 144 valence electrons. The van der Waals surface area contributed by atoms with E-state index >= 15 is 0 Å². The molecule has 0 spiro atoms. The molecule has 1 amide bonds. The van der Waals surface area contributed by atoms with Crippen LogP contribution in [0.25, 0.3) is 11.4 Å². The molecule has 27 heavy (non-hydrogen) atoms. The fourth-order valence-electron chi connectivity index (χ4n) is 2.13. The smallest absolute Gasteiger partial charge is 0.316 e. The Morgan fingerprint density at radius 1 is 1.33 bits per heavy atom. The number of benzene rings is 1. The highest BCUT2D eigenvalue weighted by Crippen LogP contribution is 2.25. The quantitative estimate of drug-likeness (QED) is 0.369. The summed E-state index contributed by atoms with van der Waals surface area (Å²) in [6, 6.07) is 7.25. The Morgan fingerprint density at radius 2 is 2.07 bits per heavy atom. The first-order valence-electron chi connectivity index (χ1n) is 8.40. The lowest BCUT2D eigenvalue weighted by Crippen LogP contribution is -2.29. The van der Waals surface area contributed by atoms with Gasteiger partial charge >= 0.3 is 5.97 Å². The van der Waals surface area contributed by atoms with E-state index in [-0.39, 0.29) is 18.3 Å². The Balaban J connectivity index is 1.98. The molecule has 0 atom stereocenters. The minimum Gasteiger partial charge on any atom is -0.455 e. The van der Waals surface area contributed by atoms with Crippen LogP contribution >= 0.6 is 23.4 Å². The molecule has 0 aliphatic carbocycles. The van der Waals surface area contributed by atoms with Crippen LogP contribution in [0, 0.1) is 0 Å². The zero-order valence-electron chi connectivity index (χ0n) is 15.0. The van der Waals surface area contributed by atoms with Gasteiger partial charge in [0.15, 0.2) is 17.6 Å². The summed E-state index contributed by atoms with van der Waals surface area (Å²) >= 11 is 7.12.